The van der Waals surface area contributed by atoms with Crippen LogP contribution in [0, 0.1) is 0 Å². The molecule has 1 aromatic rings. The molecule has 2 unspecified atom stereocenters. The summed E-state index contributed by atoms with van der Waals surface area (Å²) in [5, 5.41) is 18.6. The molecule has 4 nitrogen and oxygen atoms in total. The molecule has 0 fully saturated rings. The molecule has 1 amide bonds. The molecule has 0 aliphatic rings. The van der Waals surface area contributed by atoms with Crippen molar-refractivity contribution in [3.63, 3.8) is 0 Å². The minimum atomic E-state index is -4.69. The maximum absolute atomic E-state index is 12.6. The van der Waals surface area contributed by atoms with Crippen LogP contribution < -0.4 is 5.73 Å². The number of benzene rings is 1. The number of amides is 1. The van der Waals surface area contributed by atoms with Gasteiger partial charge >= 0.3 is 6.18 Å². The Hall–Kier alpha value is -1.60. The first kappa shape index (κ1) is 13.5. The van der Waals surface area contributed by atoms with Crippen molar-refractivity contribution in [3.8, 4) is 0 Å². The summed E-state index contributed by atoms with van der Waals surface area (Å²) in [6.45, 7) is 0. The number of halogens is 3. The summed E-state index contributed by atoms with van der Waals surface area (Å²) in [4.78, 5) is 10.6. The van der Waals surface area contributed by atoms with E-state index >= 15 is 0 Å². The van der Waals surface area contributed by atoms with Gasteiger partial charge in [0.1, 0.15) is 6.10 Å². The Morgan fingerprint density at radius 1 is 1.24 bits per heavy atom. The van der Waals surface area contributed by atoms with E-state index in [-0.39, 0.29) is 0 Å². The second-order valence-electron chi connectivity index (χ2n) is 3.38. The van der Waals surface area contributed by atoms with Crippen molar-refractivity contribution in [1.29, 1.82) is 0 Å². The summed E-state index contributed by atoms with van der Waals surface area (Å²) in [6, 6.07) is 4.10. The fourth-order valence-corrected chi connectivity index (χ4v) is 1.34. The van der Waals surface area contributed by atoms with E-state index in [1.54, 1.807) is 0 Å². The van der Waals surface area contributed by atoms with E-state index in [9.17, 15) is 23.1 Å². The van der Waals surface area contributed by atoms with Crippen LogP contribution in [0.1, 0.15) is 17.2 Å². The predicted molar refractivity (Wildman–Crippen MR) is 51.6 cm³/mol. The first-order valence-electron chi connectivity index (χ1n) is 4.56. The molecule has 0 aliphatic heterocycles. The normalized spacial score (nSPS) is 15.4. The molecule has 0 bridgehead atoms. The number of rotatable bonds is 3. The van der Waals surface area contributed by atoms with Crippen molar-refractivity contribution in [2.45, 2.75) is 18.4 Å². The molecule has 0 heterocycles. The van der Waals surface area contributed by atoms with Crippen LogP contribution >= 0.6 is 0 Å². The molecule has 94 valence electrons. The number of carbonyl (C=O) groups excluding carboxylic acids is 1. The number of primary amides is 1. The number of nitrogens with two attached hydrogens (primary N) is 1. The summed E-state index contributed by atoms with van der Waals surface area (Å²) in [6.07, 6.45) is -8.78. The summed E-state index contributed by atoms with van der Waals surface area (Å²) in [5.41, 5.74) is 2.99. The molecule has 0 saturated carbocycles. The molecule has 0 saturated heterocycles. The monoisotopic (exact) mass is 249 g/mol. The highest BCUT2D eigenvalue weighted by molar-refractivity contribution is 5.79. The number of hydrogen-bond acceptors (Lipinski definition) is 3. The largest absolute Gasteiger partial charge is 0.416 e. The van der Waals surface area contributed by atoms with Crippen LogP contribution in [-0.2, 0) is 11.0 Å². The summed E-state index contributed by atoms with van der Waals surface area (Å²) in [7, 11) is 0. The minimum Gasteiger partial charge on any atom is -0.385 e. The Bertz CT molecular complexity index is 420. The van der Waals surface area contributed by atoms with E-state index in [4.69, 9.17) is 10.8 Å². The van der Waals surface area contributed by atoms with Crippen molar-refractivity contribution in [3.05, 3.63) is 35.4 Å². The summed E-state index contributed by atoms with van der Waals surface area (Å²) in [5.74, 6) is -1.30. The van der Waals surface area contributed by atoms with Gasteiger partial charge in [-0.05, 0) is 11.6 Å². The molecule has 7 heteroatoms. The number of carbonyl (C=O) groups is 1. The van der Waals surface area contributed by atoms with E-state index in [1.807, 2.05) is 0 Å². The maximum Gasteiger partial charge on any atom is 0.416 e. The van der Waals surface area contributed by atoms with Crippen molar-refractivity contribution in [1.82, 2.24) is 0 Å². The summed E-state index contributed by atoms with van der Waals surface area (Å²) < 4.78 is 37.7. The molecule has 0 aliphatic carbocycles. The van der Waals surface area contributed by atoms with Gasteiger partial charge in [0.25, 0.3) is 0 Å². The van der Waals surface area contributed by atoms with Gasteiger partial charge in [0.15, 0.2) is 6.10 Å². The molecule has 4 N–H and O–H groups in total. The number of aliphatic hydroxyl groups excluding tert-OH is 2. The van der Waals surface area contributed by atoms with E-state index in [2.05, 4.69) is 0 Å². The lowest BCUT2D eigenvalue weighted by molar-refractivity contribution is -0.142. The van der Waals surface area contributed by atoms with Gasteiger partial charge in [-0.15, -0.1) is 0 Å². The zero-order valence-corrected chi connectivity index (χ0v) is 8.48. The Kier molecular flexibility index (Phi) is 3.74. The minimum absolute atomic E-state index is 0.591. The zero-order valence-electron chi connectivity index (χ0n) is 8.48. The van der Waals surface area contributed by atoms with Gasteiger partial charge in [-0.3, -0.25) is 4.79 Å². The lowest BCUT2D eigenvalue weighted by Crippen LogP contribution is -2.34. The van der Waals surface area contributed by atoms with E-state index < -0.39 is 35.4 Å². The van der Waals surface area contributed by atoms with Gasteiger partial charge in [-0.2, -0.15) is 13.2 Å². The van der Waals surface area contributed by atoms with Crippen molar-refractivity contribution < 1.29 is 28.2 Å². The third kappa shape index (κ3) is 2.95. The number of hydrogen-bond donors (Lipinski definition) is 3. The van der Waals surface area contributed by atoms with E-state index in [1.165, 1.54) is 6.07 Å². The Labute approximate surface area is 94.5 Å². The fourth-order valence-electron chi connectivity index (χ4n) is 1.34. The third-order valence-corrected chi connectivity index (χ3v) is 2.18. The van der Waals surface area contributed by atoms with Crippen molar-refractivity contribution in [2.24, 2.45) is 5.73 Å². The number of alkyl halides is 3. The van der Waals surface area contributed by atoms with Gasteiger partial charge in [0.05, 0.1) is 5.56 Å². The van der Waals surface area contributed by atoms with Crippen LogP contribution in [0.5, 0.6) is 0 Å². The lowest BCUT2D eigenvalue weighted by Gasteiger charge is -2.19. The zero-order chi connectivity index (χ0) is 13.2. The first-order chi connectivity index (χ1) is 7.75. The Balaban J connectivity index is 3.18. The van der Waals surface area contributed by atoms with Crippen LogP contribution in [-0.4, -0.2) is 22.2 Å². The van der Waals surface area contributed by atoms with Crippen molar-refractivity contribution in [2.75, 3.05) is 0 Å². The predicted octanol–water partition coefficient (Wildman–Crippen LogP) is 0.585. The maximum atomic E-state index is 12.6. The second kappa shape index (κ2) is 4.72. The molecule has 17 heavy (non-hydrogen) atoms. The molecule has 1 rings (SSSR count). The fraction of sp³-hybridized carbons (Fsp3) is 0.300. The molecule has 1 aromatic carbocycles. The van der Waals surface area contributed by atoms with Crippen LogP contribution in [0.15, 0.2) is 24.3 Å². The molecule has 0 aromatic heterocycles. The molecular weight excluding hydrogens is 239 g/mol. The first-order valence-corrected chi connectivity index (χ1v) is 4.56. The van der Waals surface area contributed by atoms with Gasteiger partial charge in [0, 0.05) is 0 Å². The summed E-state index contributed by atoms with van der Waals surface area (Å²) >= 11 is 0. The topological polar surface area (TPSA) is 83.6 Å². The van der Waals surface area contributed by atoms with Crippen molar-refractivity contribution >= 4 is 5.91 Å². The van der Waals surface area contributed by atoms with Crippen LogP contribution in [0.2, 0.25) is 0 Å². The molecular formula is C10H10F3NO3. The second-order valence-corrected chi connectivity index (χ2v) is 3.38. The van der Waals surface area contributed by atoms with Crippen LogP contribution in [0.4, 0.5) is 13.2 Å². The van der Waals surface area contributed by atoms with Crippen LogP contribution in [0.25, 0.3) is 0 Å². The highest BCUT2D eigenvalue weighted by Gasteiger charge is 2.37. The average molecular weight is 249 g/mol. The average Bonchev–Trinajstić information content (AvgIpc) is 2.25. The Morgan fingerprint density at radius 2 is 1.76 bits per heavy atom. The highest BCUT2D eigenvalue weighted by Crippen LogP contribution is 2.35. The van der Waals surface area contributed by atoms with Crippen LogP contribution in [0.3, 0.4) is 0 Å². The number of aliphatic hydroxyl groups is 2. The lowest BCUT2D eigenvalue weighted by atomic mass is 9.98. The van der Waals surface area contributed by atoms with Gasteiger partial charge in [-0.25, -0.2) is 0 Å². The van der Waals surface area contributed by atoms with E-state index in [0.717, 1.165) is 18.2 Å². The Morgan fingerprint density at radius 3 is 2.24 bits per heavy atom. The highest BCUT2D eigenvalue weighted by atomic mass is 19.4. The standard InChI is InChI=1S/C10H10F3NO3/c11-10(12,13)6-4-2-1-3-5(6)7(15)8(16)9(14)17/h1-4,7-8,15-16H,(H2,14,17). The quantitative estimate of drug-likeness (QED) is 0.732. The van der Waals surface area contributed by atoms with Gasteiger partial charge in [-0.1, -0.05) is 18.2 Å². The smallest absolute Gasteiger partial charge is 0.385 e. The third-order valence-electron chi connectivity index (χ3n) is 2.18. The molecule has 2 atom stereocenters. The van der Waals surface area contributed by atoms with E-state index in [0.29, 0.717) is 0 Å². The molecule has 0 radical (unpaired) electrons. The van der Waals surface area contributed by atoms with Gasteiger partial charge < -0.3 is 15.9 Å². The SMILES string of the molecule is NC(=O)C(O)C(O)c1ccccc1C(F)(F)F. The van der Waals surface area contributed by atoms with Gasteiger partial charge in [0.2, 0.25) is 5.91 Å². The molecule has 0 spiro atoms.